The minimum Gasteiger partial charge on any atom is -0.396 e. The van der Waals surface area contributed by atoms with E-state index in [1.165, 1.54) is 0 Å². The molecule has 0 unspecified atom stereocenters. The van der Waals surface area contributed by atoms with E-state index in [0.29, 0.717) is 11.3 Å². The molecule has 94 valence electrons. The van der Waals surface area contributed by atoms with Crippen LogP contribution in [0.2, 0.25) is 0 Å². The maximum Gasteiger partial charge on any atom is 0.250 e. The number of anilines is 1. The molecule has 1 aromatic heterocycles. The molecule has 1 heterocycles. The molecular weight excluding hydrogens is 228 g/mol. The maximum absolute atomic E-state index is 11.3. The minimum absolute atomic E-state index is 0.337. The van der Waals surface area contributed by atoms with Crippen molar-refractivity contribution >= 4 is 11.6 Å². The Kier molecular flexibility index (Phi) is 3.32. The largest absolute Gasteiger partial charge is 0.396 e. The van der Waals surface area contributed by atoms with E-state index in [1.807, 2.05) is 16.8 Å². The lowest BCUT2D eigenvalue weighted by molar-refractivity contribution is 0.100. The molecule has 5 heteroatoms. The molecular formula is C13H16N4O. The number of imidazole rings is 1. The standard InChI is InChI=1S/C13H16N4O/c1-2-4-11-16-7-8-17(11)10-6-3-5-9(12(10)14)13(15)18/h3,5-8H,2,4,14H2,1H3,(H2,15,18). The van der Waals surface area contributed by atoms with Gasteiger partial charge in [0.25, 0.3) is 5.91 Å². The molecule has 0 saturated carbocycles. The fourth-order valence-electron chi connectivity index (χ4n) is 1.94. The Morgan fingerprint density at radius 1 is 1.44 bits per heavy atom. The Hall–Kier alpha value is -2.30. The van der Waals surface area contributed by atoms with Crippen LogP contribution in [-0.4, -0.2) is 15.5 Å². The summed E-state index contributed by atoms with van der Waals surface area (Å²) in [5.41, 5.74) is 12.7. The van der Waals surface area contributed by atoms with Crippen molar-refractivity contribution in [3.8, 4) is 5.69 Å². The van der Waals surface area contributed by atoms with Crippen LogP contribution in [0.1, 0.15) is 29.5 Å². The summed E-state index contributed by atoms with van der Waals surface area (Å²) in [7, 11) is 0. The third-order valence-corrected chi connectivity index (χ3v) is 2.80. The van der Waals surface area contributed by atoms with Crippen molar-refractivity contribution < 1.29 is 4.79 Å². The summed E-state index contributed by atoms with van der Waals surface area (Å²) in [5.74, 6) is 0.400. The van der Waals surface area contributed by atoms with Crippen LogP contribution < -0.4 is 11.5 Å². The number of benzene rings is 1. The summed E-state index contributed by atoms with van der Waals surface area (Å²) in [4.78, 5) is 15.6. The molecule has 4 N–H and O–H groups in total. The van der Waals surface area contributed by atoms with Crippen molar-refractivity contribution in [3.63, 3.8) is 0 Å². The smallest absolute Gasteiger partial charge is 0.250 e. The van der Waals surface area contributed by atoms with Gasteiger partial charge >= 0.3 is 0 Å². The second-order valence-corrected chi connectivity index (χ2v) is 4.07. The van der Waals surface area contributed by atoms with Gasteiger partial charge in [-0.15, -0.1) is 0 Å². The van der Waals surface area contributed by atoms with Gasteiger partial charge in [0.2, 0.25) is 0 Å². The van der Waals surface area contributed by atoms with Crippen LogP contribution in [0.3, 0.4) is 0 Å². The van der Waals surface area contributed by atoms with E-state index in [0.717, 1.165) is 24.4 Å². The molecule has 0 fully saturated rings. The highest BCUT2D eigenvalue weighted by Gasteiger charge is 2.12. The number of hydrogen-bond donors (Lipinski definition) is 2. The van der Waals surface area contributed by atoms with Gasteiger partial charge in [0, 0.05) is 18.8 Å². The number of hydrogen-bond acceptors (Lipinski definition) is 3. The maximum atomic E-state index is 11.3. The zero-order valence-electron chi connectivity index (χ0n) is 10.3. The van der Waals surface area contributed by atoms with Crippen LogP contribution in [-0.2, 0) is 6.42 Å². The lowest BCUT2D eigenvalue weighted by atomic mass is 10.1. The third kappa shape index (κ3) is 2.07. The van der Waals surface area contributed by atoms with Gasteiger partial charge in [-0.3, -0.25) is 4.79 Å². The van der Waals surface area contributed by atoms with Gasteiger partial charge in [-0.25, -0.2) is 4.98 Å². The van der Waals surface area contributed by atoms with E-state index in [9.17, 15) is 4.79 Å². The van der Waals surface area contributed by atoms with Gasteiger partial charge < -0.3 is 16.0 Å². The number of primary amides is 1. The van der Waals surface area contributed by atoms with Gasteiger partial charge in [-0.05, 0) is 18.6 Å². The lowest BCUT2D eigenvalue weighted by Crippen LogP contribution is -2.15. The molecule has 0 atom stereocenters. The van der Waals surface area contributed by atoms with Crippen LogP contribution in [0.25, 0.3) is 5.69 Å². The molecule has 2 rings (SSSR count). The van der Waals surface area contributed by atoms with Gasteiger partial charge in [0.15, 0.2) is 0 Å². The highest BCUT2D eigenvalue weighted by Crippen LogP contribution is 2.22. The second-order valence-electron chi connectivity index (χ2n) is 4.07. The van der Waals surface area contributed by atoms with Gasteiger partial charge in [-0.2, -0.15) is 0 Å². The molecule has 18 heavy (non-hydrogen) atoms. The Morgan fingerprint density at radius 3 is 2.89 bits per heavy atom. The third-order valence-electron chi connectivity index (χ3n) is 2.80. The van der Waals surface area contributed by atoms with Crippen molar-refractivity contribution in [1.29, 1.82) is 0 Å². The van der Waals surface area contributed by atoms with Crippen LogP contribution in [0.4, 0.5) is 5.69 Å². The van der Waals surface area contributed by atoms with E-state index in [4.69, 9.17) is 11.5 Å². The normalized spacial score (nSPS) is 10.5. The van der Waals surface area contributed by atoms with Crippen LogP contribution in [0.15, 0.2) is 30.6 Å². The summed E-state index contributed by atoms with van der Waals surface area (Å²) in [6, 6.07) is 5.24. The second kappa shape index (κ2) is 4.91. The Bertz CT molecular complexity index is 574. The molecule has 0 radical (unpaired) electrons. The highest BCUT2D eigenvalue weighted by molar-refractivity contribution is 5.99. The zero-order valence-corrected chi connectivity index (χ0v) is 10.3. The number of amides is 1. The first-order valence-corrected chi connectivity index (χ1v) is 5.86. The predicted octanol–water partition coefficient (Wildman–Crippen LogP) is 1.51. The number of aryl methyl sites for hydroxylation is 1. The van der Waals surface area contributed by atoms with Crippen molar-refractivity contribution in [2.24, 2.45) is 5.73 Å². The molecule has 5 nitrogen and oxygen atoms in total. The quantitative estimate of drug-likeness (QED) is 0.799. The molecule has 0 aliphatic rings. The topological polar surface area (TPSA) is 86.9 Å². The molecule has 0 saturated heterocycles. The monoisotopic (exact) mass is 244 g/mol. The van der Waals surface area contributed by atoms with Crippen LogP contribution in [0.5, 0.6) is 0 Å². The number of nitrogens with two attached hydrogens (primary N) is 2. The Labute approximate surface area is 105 Å². The summed E-state index contributed by atoms with van der Waals surface area (Å²) in [6.45, 7) is 2.09. The Balaban J connectivity index is 2.54. The summed E-state index contributed by atoms with van der Waals surface area (Å²) < 4.78 is 1.89. The fourth-order valence-corrected chi connectivity index (χ4v) is 1.94. The SMILES string of the molecule is CCCc1nccn1-c1cccc(C(N)=O)c1N. The van der Waals surface area contributed by atoms with Crippen molar-refractivity contribution in [3.05, 3.63) is 42.0 Å². The molecule has 0 spiro atoms. The average molecular weight is 244 g/mol. The van der Waals surface area contributed by atoms with E-state index in [1.54, 1.807) is 18.3 Å². The summed E-state index contributed by atoms with van der Waals surface area (Å²) in [5, 5.41) is 0. The first-order chi connectivity index (χ1) is 8.65. The molecule has 1 aromatic carbocycles. The molecule has 0 aliphatic carbocycles. The van der Waals surface area contributed by atoms with E-state index >= 15 is 0 Å². The first-order valence-electron chi connectivity index (χ1n) is 5.86. The molecule has 2 aromatic rings. The minimum atomic E-state index is -0.522. The number of rotatable bonds is 4. The number of carbonyl (C=O) groups is 1. The highest BCUT2D eigenvalue weighted by atomic mass is 16.1. The number of aromatic nitrogens is 2. The summed E-state index contributed by atoms with van der Waals surface area (Å²) >= 11 is 0. The van der Waals surface area contributed by atoms with Gasteiger partial charge in [0.1, 0.15) is 5.82 Å². The number of para-hydroxylation sites is 1. The van der Waals surface area contributed by atoms with E-state index < -0.39 is 5.91 Å². The first kappa shape index (κ1) is 12.2. The molecule has 1 amide bonds. The number of nitrogens with zero attached hydrogens (tertiary/aromatic N) is 2. The van der Waals surface area contributed by atoms with Crippen molar-refractivity contribution in [2.75, 3.05) is 5.73 Å². The summed E-state index contributed by atoms with van der Waals surface area (Å²) in [6.07, 6.45) is 5.41. The van der Waals surface area contributed by atoms with Gasteiger partial charge in [0.05, 0.1) is 16.9 Å². The number of carbonyl (C=O) groups excluding carboxylic acids is 1. The molecule has 0 bridgehead atoms. The Morgan fingerprint density at radius 2 is 2.22 bits per heavy atom. The zero-order chi connectivity index (χ0) is 13.1. The van der Waals surface area contributed by atoms with Crippen molar-refractivity contribution in [2.45, 2.75) is 19.8 Å². The lowest BCUT2D eigenvalue weighted by Gasteiger charge is -2.12. The van der Waals surface area contributed by atoms with Gasteiger partial charge in [-0.1, -0.05) is 13.0 Å². The van der Waals surface area contributed by atoms with Crippen molar-refractivity contribution in [1.82, 2.24) is 9.55 Å². The average Bonchev–Trinajstić information content (AvgIpc) is 2.77. The van der Waals surface area contributed by atoms with E-state index in [-0.39, 0.29) is 0 Å². The van der Waals surface area contributed by atoms with Crippen LogP contribution >= 0.6 is 0 Å². The molecule has 0 aliphatic heterocycles. The van der Waals surface area contributed by atoms with E-state index in [2.05, 4.69) is 11.9 Å². The number of nitrogen functional groups attached to an aromatic ring is 1. The fraction of sp³-hybridized carbons (Fsp3) is 0.231. The predicted molar refractivity (Wildman–Crippen MR) is 70.5 cm³/mol. The van der Waals surface area contributed by atoms with Crippen LogP contribution in [0, 0.1) is 0 Å².